The molecule has 0 aromatic rings. The van der Waals surface area contributed by atoms with Crippen LogP contribution in [-0.4, -0.2) is 17.5 Å². The van der Waals surface area contributed by atoms with Crippen molar-refractivity contribution in [3.8, 4) is 0 Å². The van der Waals surface area contributed by atoms with Crippen LogP contribution in [0.3, 0.4) is 0 Å². The Labute approximate surface area is 42.4 Å². The third-order valence-corrected chi connectivity index (χ3v) is 0.617. The van der Waals surface area contributed by atoms with Crippen molar-refractivity contribution in [3.05, 3.63) is 0 Å². The zero-order chi connectivity index (χ0) is 5.86. The summed E-state index contributed by atoms with van der Waals surface area (Å²) in [5, 5.41) is 6.70. The molecular weight excluding hydrogens is 95.1 g/mol. The number of nitrogens with zero attached hydrogens (tertiary/aromatic N) is 1. The van der Waals surface area contributed by atoms with Crippen LogP contribution in [0.15, 0.2) is 0 Å². The molecule has 7 heavy (non-hydrogen) atoms. The van der Waals surface area contributed by atoms with Gasteiger partial charge in [-0.2, -0.15) is 5.12 Å². The average molecular weight is 104 g/mol. The minimum absolute atomic E-state index is 0.211. The second-order valence-corrected chi connectivity index (χ2v) is 1.57. The summed E-state index contributed by atoms with van der Waals surface area (Å²) in [5.74, 6) is 0. The Morgan fingerprint density at radius 1 is 1.71 bits per heavy atom. The van der Waals surface area contributed by atoms with Crippen molar-refractivity contribution in [1.29, 1.82) is 5.41 Å². The Morgan fingerprint density at radius 2 is 2.14 bits per heavy atom. The Morgan fingerprint density at radius 3 is 2.14 bits per heavy atom. The summed E-state index contributed by atoms with van der Waals surface area (Å²) < 4.78 is 11.8. The molecule has 42 valence electrons. The van der Waals surface area contributed by atoms with Crippen LogP contribution in [0.1, 0.15) is 13.8 Å². The van der Waals surface area contributed by atoms with Crippen molar-refractivity contribution < 1.29 is 4.48 Å². The van der Waals surface area contributed by atoms with Gasteiger partial charge in [-0.05, 0) is 13.8 Å². The molecule has 0 atom stereocenters. The first-order chi connectivity index (χ1) is 3.18. The number of hydrogen-bond donors (Lipinski definition) is 1. The molecule has 0 aliphatic rings. The maximum atomic E-state index is 11.8. The van der Waals surface area contributed by atoms with Crippen LogP contribution in [-0.2, 0) is 0 Å². The molecule has 0 aliphatic heterocycles. The van der Waals surface area contributed by atoms with E-state index in [1.54, 1.807) is 13.8 Å². The number of rotatable bonds is 2. The number of halogens is 1. The predicted molar refractivity (Wildman–Crippen MR) is 26.9 cm³/mol. The Hall–Kier alpha value is -0.600. The lowest BCUT2D eigenvalue weighted by Crippen LogP contribution is -2.18. The quantitative estimate of drug-likeness (QED) is 0.318. The van der Waals surface area contributed by atoms with Crippen LogP contribution in [0, 0.1) is 5.41 Å². The molecule has 0 aliphatic carbocycles. The third kappa shape index (κ3) is 2.14. The lowest BCUT2D eigenvalue weighted by Gasteiger charge is -2.08. The first-order valence-corrected chi connectivity index (χ1v) is 2.13. The normalized spacial score (nSPS) is 9.14. The van der Waals surface area contributed by atoms with Crippen LogP contribution in [0.4, 0.5) is 4.48 Å². The van der Waals surface area contributed by atoms with Gasteiger partial charge in [-0.3, -0.25) is 5.41 Å². The van der Waals surface area contributed by atoms with Crippen molar-refractivity contribution in [2.24, 2.45) is 0 Å². The van der Waals surface area contributed by atoms with E-state index in [1.165, 1.54) is 0 Å². The molecule has 0 radical (unpaired) electrons. The van der Waals surface area contributed by atoms with E-state index in [1.807, 2.05) is 0 Å². The van der Waals surface area contributed by atoms with E-state index >= 15 is 0 Å². The lowest BCUT2D eigenvalue weighted by atomic mass is 10.4. The molecule has 0 bridgehead atoms. The maximum Gasteiger partial charge on any atom is 0.113 e. The van der Waals surface area contributed by atoms with Gasteiger partial charge in [0.05, 0.1) is 6.04 Å². The fraction of sp³-hybridized carbons (Fsp3) is 0.750. The van der Waals surface area contributed by atoms with Gasteiger partial charge in [0.1, 0.15) is 6.34 Å². The number of hydrogen-bond acceptors (Lipinski definition) is 1. The second kappa shape index (κ2) is 2.55. The Balaban J connectivity index is 3.33. The molecule has 0 aromatic heterocycles. The summed E-state index contributed by atoms with van der Waals surface area (Å²) >= 11 is 0. The summed E-state index contributed by atoms with van der Waals surface area (Å²) in [6.07, 6.45) is 0.657. The average Bonchev–Trinajstić information content (AvgIpc) is 1.65. The van der Waals surface area contributed by atoms with Gasteiger partial charge >= 0.3 is 0 Å². The summed E-state index contributed by atoms with van der Waals surface area (Å²) in [7, 11) is 0. The van der Waals surface area contributed by atoms with Gasteiger partial charge in [-0.1, -0.05) is 4.48 Å². The fourth-order valence-electron chi connectivity index (χ4n) is 0.149. The highest BCUT2D eigenvalue weighted by atomic mass is 19.2. The van der Waals surface area contributed by atoms with E-state index in [9.17, 15) is 4.48 Å². The largest absolute Gasteiger partial charge is 0.289 e. The van der Waals surface area contributed by atoms with Crippen molar-refractivity contribution in [3.63, 3.8) is 0 Å². The minimum atomic E-state index is -0.211. The van der Waals surface area contributed by atoms with E-state index in [4.69, 9.17) is 5.41 Å². The molecule has 0 amide bonds. The molecule has 0 rings (SSSR count). The molecule has 0 unspecified atom stereocenters. The van der Waals surface area contributed by atoms with Crippen molar-refractivity contribution >= 4 is 6.34 Å². The van der Waals surface area contributed by atoms with E-state index in [2.05, 4.69) is 0 Å². The van der Waals surface area contributed by atoms with Crippen LogP contribution < -0.4 is 0 Å². The summed E-state index contributed by atoms with van der Waals surface area (Å²) in [4.78, 5) is 0. The summed E-state index contributed by atoms with van der Waals surface area (Å²) in [6, 6.07) is -0.211. The topological polar surface area (TPSA) is 27.1 Å². The molecule has 0 saturated heterocycles. The maximum absolute atomic E-state index is 11.8. The van der Waals surface area contributed by atoms with Crippen molar-refractivity contribution in [1.82, 2.24) is 5.12 Å². The molecule has 3 heteroatoms. The highest BCUT2D eigenvalue weighted by Crippen LogP contribution is 1.91. The zero-order valence-electron chi connectivity index (χ0n) is 4.48. The van der Waals surface area contributed by atoms with E-state index in [-0.39, 0.29) is 6.04 Å². The van der Waals surface area contributed by atoms with Gasteiger partial charge in [-0.15, -0.1) is 0 Å². The van der Waals surface area contributed by atoms with Gasteiger partial charge in [0, 0.05) is 0 Å². The second-order valence-electron chi connectivity index (χ2n) is 1.57. The van der Waals surface area contributed by atoms with Crippen molar-refractivity contribution in [2.75, 3.05) is 0 Å². The van der Waals surface area contributed by atoms with E-state index in [0.29, 0.717) is 11.5 Å². The van der Waals surface area contributed by atoms with Gasteiger partial charge < -0.3 is 0 Å². The van der Waals surface area contributed by atoms with Gasteiger partial charge in [0.25, 0.3) is 0 Å². The van der Waals surface area contributed by atoms with E-state index < -0.39 is 0 Å². The van der Waals surface area contributed by atoms with Crippen LogP contribution in [0.25, 0.3) is 0 Å². The highest BCUT2D eigenvalue weighted by Gasteiger charge is 1.98. The smallest absolute Gasteiger partial charge is 0.113 e. The van der Waals surface area contributed by atoms with Gasteiger partial charge in [0.15, 0.2) is 0 Å². The molecule has 2 nitrogen and oxygen atoms in total. The Kier molecular flexibility index (Phi) is 2.33. The molecule has 0 saturated carbocycles. The first kappa shape index (κ1) is 6.40. The molecule has 0 fully saturated rings. The van der Waals surface area contributed by atoms with Crippen molar-refractivity contribution in [2.45, 2.75) is 19.9 Å². The van der Waals surface area contributed by atoms with Crippen LogP contribution >= 0.6 is 0 Å². The highest BCUT2D eigenvalue weighted by molar-refractivity contribution is 5.48. The Bertz CT molecular complexity index is 62.7. The first-order valence-electron chi connectivity index (χ1n) is 2.13. The van der Waals surface area contributed by atoms with E-state index in [0.717, 1.165) is 0 Å². The zero-order valence-corrected chi connectivity index (χ0v) is 4.48. The molecule has 0 aromatic carbocycles. The third-order valence-electron chi connectivity index (χ3n) is 0.617. The fourth-order valence-corrected chi connectivity index (χ4v) is 0.149. The van der Waals surface area contributed by atoms with Gasteiger partial charge in [0.2, 0.25) is 0 Å². The monoisotopic (exact) mass is 104 g/mol. The SMILES string of the molecule is CC(C)N(F)C=N. The molecule has 1 N–H and O–H groups in total. The molecular formula is C4H9FN2. The molecule has 0 spiro atoms. The standard InChI is InChI=1S/C4H9FN2/c1-4(2)7(5)3-6/h3-4,6H,1-2H3. The molecule has 0 heterocycles. The van der Waals surface area contributed by atoms with Crippen LogP contribution in [0.5, 0.6) is 0 Å². The summed E-state index contributed by atoms with van der Waals surface area (Å²) in [5.41, 5.74) is 0. The van der Waals surface area contributed by atoms with Crippen LogP contribution in [0.2, 0.25) is 0 Å². The number of nitrogens with one attached hydrogen (secondary N) is 1. The summed E-state index contributed by atoms with van der Waals surface area (Å²) in [6.45, 7) is 3.34. The lowest BCUT2D eigenvalue weighted by molar-refractivity contribution is 0.0900. The minimum Gasteiger partial charge on any atom is -0.289 e. The predicted octanol–water partition coefficient (Wildman–Crippen LogP) is 1.19. The van der Waals surface area contributed by atoms with Gasteiger partial charge in [-0.25, -0.2) is 0 Å².